The van der Waals surface area contributed by atoms with Gasteiger partial charge in [-0.2, -0.15) is 5.26 Å². The minimum absolute atomic E-state index is 0.517. The Balaban J connectivity index is 1.56. The molecule has 1 aliphatic rings. The van der Waals surface area contributed by atoms with Gasteiger partial charge in [-0.1, -0.05) is 25.1 Å². The van der Waals surface area contributed by atoms with E-state index in [-0.39, 0.29) is 0 Å². The van der Waals surface area contributed by atoms with Crippen LogP contribution in [0.2, 0.25) is 0 Å². The molecule has 0 radical (unpaired) electrons. The van der Waals surface area contributed by atoms with Crippen molar-refractivity contribution in [1.29, 1.82) is 5.26 Å². The Kier molecular flexibility index (Phi) is 4.85. The summed E-state index contributed by atoms with van der Waals surface area (Å²) in [5.41, 5.74) is 4.85. The van der Waals surface area contributed by atoms with Crippen molar-refractivity contribution in [2.24, 2.45) is 0 Å². The molecule has 0 spiro atoms. The van der Waals surface area contributed by atoms with Gasteiger partial charge in [-0.3, -0.25) is 4.98 Å². The number of hydrogen-bond donors (Lipinski definition) is 1. The second kappa shape index (κ2) is 7.96. The molecule has 4 aromatic rings. The van der Waals surface area contributed by atoms with Crippen LogP contribution in [0.5, 0.6) is 11.5 Å². The SMILES string of the molecule is CCc1cnc2c(Nc3cccc(-c4ccc5c(c4)OCCO5)c3C#N)nccc2c1. The van der Waals surface area contributed by atoms with E-state index in [0.29, 0.717) is 36.0 Å². The molecule has 0 saturated heterocycles. The van der Waals surface area contributed by atoms with E-state index in [9.17, 15) is 5.26 Å². The zero-order valence-electron chi connectivity index (χ0n) is 17.1. The molecular weight excluding hydrogens is 388 g/mol. The number of aryl methyl sites for hydroxylation is 1. The van der Waals surface area contributed by atoms with Gasteiger partial charge in [-0.25, -0.2) is 4.98 Å². The number of ether oxygens (including phenoxy) is 2. The van der Waals surface area contributed by atoms with Gasteiger partial charge in [0.1, 0.15) is 24.8 Å². The molecule has 6 nitrogen and oxygen atoms in total. The normalized spacial score (nSPS) is 12.4. The molecule has 3 heterocycles. The molecule has 0 unspecified atom stereocenters. The Labute approximate surface area is 180 Å². The predicted molar refractivity (Wildman–Crippen MR) is 120 cm³/mol. The van der Waals surface area contributed by atoms with E-state index in [1.807, 2.05) is 48.7 Å². The van der Waals surface area contributed by atoms with Crippen molar-refractivity contribution in [1.82, 2.24) is 9.97 Å². The van der Waals surface area contributed by atoms with Gasteiger partial charge >= 0.3 is 0 Å². The Bertz CT molecular complexity index is 1330. The summed E-state index contributed by atoms with van der Waals surface area (Å²) in [7, 11) is 0. The number of hydrogen-bond acceptors (Lipinski definition) is 6. The Hall–Kier alpha value is -4.11. The highest BCUT2D eigenvalue weighted by molar-refractivity contribution is 5.91. The first-order valence-electron chi connectivity index (χ1n) is 10.2. The van der Waals surface area contributed by atoms with Gasteiger partial charge in [0, 0.05) is 23.3 Å². The van der Waals surface area contributed by atoms with Crippen molar-refractivity contribution in [3.63, 3.8) is 0 Å². The highest BCUT2D eigenvalue weighted by Gasteiger charge is 2.16. The molecule has 0 atom stereocenters. The molecule has 2 aromatic carbocycles. The van der Waals surface area contributed by atoms with Crippen molar-refractivity contribution in [2.75, 3.05) is 18.5 Å². The first-order chi connectivity index (χ1) is 15.3. The zero-order chi connectivity index (χ0) is 21.2. The topological polar surface area (TPSA) is 80.1 Å². The fourth-order valence-electron chi connectivity index (χ4n) is 3.75. The van der Waals surface area contributed by atoms with Crippen LogP contribution in [0.3, 0.4) is 0 Å². The summed E-state index contributed by atoms with van der Waals surface area (Å²) in [6.07, 6.45) is 4.54. The van der Waals surface area contributed by atoms with Gasteiger partial charge in [-0.05, 0) is 47.9 Å². The second-order valence-electron chi connectivity index (χ2n) is 7.25. The van der Waals surface area contributed by atoms with Crippen LogP contribution in [0.1, 0.15) is 18.1 Å². The molecule has 0 saturated carbocycles. The summed E-state index contributed by atoms with van der Waals surface area (Å²) in [6, 6.07) is 17.9. The molecule has 0 bridgehead atoms. The fourth-order valence-corrected chi connectivity index (χ4v) is 3.75. The van der Waals surface area contributed by atoms with Crippen LogP contribution in [-0.4, -0.2) is 23.2 Å². The van der Waals surface area contributed by atoms with E-state index in [1.54, 1.807) is 6.20 Å². The van der Waals surface area contributed by atoms with Gasteiger partial charge in [-0.15, -0.1) is 0 Å². The number of nitrogens with one attached hydrogen (secondary N) is 1. The lowest BCUT2D eigenvalue weighted by molar-refractivity contribution is 0.171. The van der Waals surface area contributed by atoms with Crippen molar-refractivity contribution in [3.05, 3.63) is 72.1 Å². The summed E-state index contributed by atoms with van der Waals surface area (Å²) in [5.74, 6) is 2.04. The van der Waals surface area contributed by atoms with E-state index in [0.717, 1.165) is 34.2 Å². The quantitative estimate of drug-likeness (QED) is 0.497. The van der Waals surface area contributed by atoms with Crippen molar-refractivity contribution in [2.45, 2.75) is 13.3 Å². The third-order valence-electron chi connectivity index (χ3n) is 5.35. The maximum absolute atomic E-state index is 9.98. The maximum atomic E-state index is 9.98. The standard InChI is InChI=1S/C25H20N4O2/c1-2-16-12-18-8-9-27-25(24(18)28-15-16)29-21-5-3-4-19(20(21)14-26)17-6-7-22-23(13-17)31-11-10-30-22/h3-9,12-13,15H,2,10-11H2,1H3,(H,27,29). The lowest BCUT2D eigenvalue weighted by Crippen LogP contribution is -2.15. The zero-order valence-corrected chi connectivity index (χ0v) is 17.1. The molecular formula is C25H20N4O2. The molecule has 1 aliphatic heterocycles. The highest BCUT2D eigenvalue weighted by atomic mass is 16.6. The number of nitriles is 1. The first kappa shape index (κ1) is 18.9. The molecule has 5 rings (SSSR count). The van der Waals surface area contributed by atoms with Crippen LogP contribution in [0.4, 0.5) is 11.5 Å². The largest absolute Gasteiger partial charge is 0.486 e. The third kappa shape index (κ3) is 3.51. The predicted octanol–water partition coefficient (Wildman–Crippen LogP) is 5.25. The van der Waals surface area contributed by atoms with Crippen molar-refractivity contribution in [3.8, 4) is 28.7 Å². The number of fused-ring (bicyclic) bond motifs is 2. The summed E-state index contributed by atoms with van der Waals surface area (Å²) >= 11 is 0. The van der Waals surface area contributed by atoms with Gasteiger partial charge < -0.3 is 14.8 Å². The number of aromatic nitrogens is 2. The average Bonchev–Trinajstić information content (AvgIpc) is 2.83. The molecule has 2 aromatic heterocycles. The van der Waals surface area contributed by atoms with E-state index in [1.165, 1.54) is 5.56 Å². The van der Waals surface area contributed by atoms with Gasteiger partial charge in [0.25, 0.3) is 0 Å². The van der Waals surface area contributed by atoms with Gasteiger partial charge in [0.15, 0.2) is 17.3 Å². The van der Waals surface area contributed by atoms with E-state index < -0.39 is 0 Å². The number of anilines is 2. The molecule has 1 N–H and O–H groups in total. The molecule has 31 heavy (non-hydrogen) atoms. The lowest BCUT2D eigenvalue weighted by Gasteiger charge is -2.19. The summed E-state index contributed by atoms with van der Waals surface area (Å²) < 4.78 is 11.3. The number of rotatable bonds is 4. The van der Waals surface area contributed by atoms with Gasteiger partial charge in [0.2, 0.25) is 0 Å². The van der Waals surface area contributed by atoms with Crippen LogP contribution in [0, 0.1) is 11.3 Å². The third-order valence-corrected chi connectivity index (χ3v) is 5.35. The van der Waals surface area contributed by atoms with Crippen LogP contribution in [-0.2, 0) is 6.42 Å². The minimum atomic E-state index is 0.517. The van der Waals surface area contributed by atoms with Gasteiger partial charge in [0.05, 0.1) is 11.3 Å². The Morgan fingerprint density at radius 2 is 1.90 bits per heavy atom. The van der Waals surface area contributed by atoms with Crippen molar-refractivity contribution >= 4 is 22.4 Å². The summed E-state index contributed by atoms with van der Waals surface area (Å²) in [5, 5.41) is 14.3. The highest BCUT2D eigenvalue weighted by Crippen LogP contribution is 2.37. The molecule has 6 heteroatoms. The summed E-state index contributed by atoms with van der Waals surface area (Å²) in [6.45, 7) is 3.16. The van der Waals surface area contributed by atoms with Crippen molar-refractivity contribution < 1.29 is 9.47 Å². The fraction of sp³-hybridized carbons (Fsp3) is 0.160. The van der Waals surface area contributed by atoms with Crippen LogP contribution < -0.4 is 14.8 Å². The smallest absolute Gasteiger partial charge is 0.161 e. The minimum Gasteiger partial charge on any atom is -0.486 e. The molecule has 0 amide bonds. The summed E-state index contributed by atoms with van der Waals surface area (Å²) in [4.78, 5) is 9.07. The molecule has 0 aliphatic carbocycles. The van der Waals surface area contributed by atoms with E-state index in [4.69, 9.17) is 9.47 Å². The van der Waals surface area contributed by atoms with E-state index in [2.05, 4.69) is 34.3 Å². The van der Waals surface area contributed by atoms with E-state index >= 15 is 0 Å². The molecule has 0 fully saturated rings. The second-order valence-corrected chi connectivity index (χ2v) is 7.25. The monoisotopic (exact) mass is 408 g/mol. The number of pyridine rings is 2. The first-order valence-corrected chi connectivity index (χ1v) is 10.2. The van der Waals surface area contributed by atoms with Crippen LogP contribution >= 0.6 is 0 Å². The maximum Gasteiger partial charge on any atom is 0.161 e. The van der Waals surface area contributed by atoms with Crippen LogP contribution in [0.15, 0.2) is 60.9 Å². The number of nitrogens with zero attached hydrogens (tertiary/aromatic N) is 3. The Morgan fingerprint density at radius 3 is 2.74 bits per heavy atom. The molecule has 152 valence electrons. The Morgan fingerprint density at radius 1 is 1.03 bits per heavy atom. The average molecular weight is 408 g/mol. The van der Waals surface area contributed by atoms with Crippen LogP contribution in [0.25, 0.3) is 22.0 Å². The lowest BCUT2D eigenvalue weighted by atomic mass is 9.98. The number of benzene rings is 2.